The van der Waals surface area contributed by atoms with E-state index in [1.54, 1.807) is 37.3 Å². The Morgan fingerprint density at radius 2 is 1.55 bits per heavy atom. The van der Waals surface area contributed by atoms with E-state index in [-0.39, 0.29) is 34.9 Å². The molecule has 6 rings (SSSR count). The Balaban J connectivity index is 1.26. The van der Waals surface area contributed by atoms with Crippen LogP contribution in [-0.2, 0) is 43.3 Å². The molecular formula is C49H76N2O13S. The molecule has 1 aromatic rings. The molecule has 0 bridgehead atoms. The highest BCUT2D eigenvalue weighted by Crippen LogP contribution is 2.54. The van der Waals surface area contributed by atoms with E-state index < -0.39 is 111 Å². The molecular weight excluding hydrogens is 857 g/mol. The number of amides is 2. The summed E-state index contributed by atoms with van der Waals surface area (Å²) in [7, 11) is -4.23. The Labute approximate surface area is 386 Å². The van der Waals surface area contributed by atoms with Crippen molar-refractivity contribution < 1.29 is 61.8 Å². The minimum Gasteiger partial charge on any atom is -0.481 e. The predicted molar refractivity (Wildman–Crippen MR) is 242 cm³/mol. The number of carboxylic acids is 1. The van der Waals surface area contributed by atoms with Crippen LogP contribution in [0.15, 0.2) is 47.4 Å². The summed E-state index contributed by atoms with van der Waals surface area (Å²) in [5.41, 5.74) is -1.92. The van der Waals surface area contributed by atoms with Gasteiger partial charge in [0.2, 0.25) is 0 Å². The van der Waals surface area contributed by atoms with E-state index in [4.69, 9.17) is 23.7 Å². The molecule has 5 N–H and O–H groups in total. The van der Waals surface area contributed by atoms with Gasteiger partial charge in [0.15, 0.2) is 11.6 Å². The highest BCUT2D eigenvalue weighted by atomic mass is 32.2. The van der Waals surface area contributed by atoms with Crippen LogP contribution in [0.25, 0.3) is 0 Å². The molecule has 18 atom stereocenters. The molecule has 0 unspecified atom stereocenters. The highest BCUT2D eigenvalue weighted by molar-refractivity contribution is 7.90. The number of sulfonamides is 1. The third kappa shape index (κ3) is 10.3. The first-order valence-corrected chi connectivity index (χ1v) is 25.6. The zero-order chi connectivity index (χ0) is 47.9. The number of aliphatic hydroxyl groups excluding tert-OH is 1. The Kier molecular flexibility index (Phi) is 15.8. The fourth-order valence-corrected chi connectivity index (χ4v) is 12.6. The number of carbonyl (C=O) groups excluding carboxylic acids is 2. The Bertz CT molecular complexity index is 1990. The Morgan fingerprint density at radius 1 is 0.877 bits per heavy atom. The zero-order valence-corrected chi connectivity index (χ0v) is 40.8. The standard InChI is InChI=1S/C49H76N2O13S/c1-11-35(44(54)55)37-20-19-28(4)42(61-37)32(8)40(52)31(7)41(53)36(12-2)43-29(5)27-30(6)48(62-43)24-21-38(50-45(56)51-65(58,59)34-17-15-14-16-18-34)49(64-48)26-25-46(10,63-49)39-22-23-47(57,13-3)33(9)60-39/h14-18,21,24,28-33,35-40,42-43,52,57H,11-13,19-20,22-23,25-27H2,1-10H3,(H,54,55)(H2,50,51,56)/t28-,29-,30+,31-,32-,33-,35+,36-,37+,38+,39+,40+,42+,43-,46-,47+,48-,49-/m0/s1. The van der Waals surface area contributed by atoms with Crippen molar-refractivity contribution in [3.05, 3.63) is 42.5 Å². The van der Waals surface area contributed by atoms with Crippen molar-refractivity contribution in [1.29, 1.82) is 0 Å². The van der Waals surface area contributed by atoms with Crippen LogP contribution in [0.4, 0.5) is 4.79 Å². The number of ether oxygens (including phenoxy) is 5. The zero-order valence-electron chi connectivity index (χ0n) is 40.0. The number of rotatable bonds is 15. The molecule has 4 fully saturated rings. The molecule has 2 amide bonds. The third-order valence-electron chi connectivity index (χ3n) is 16.0. The van der Waals surface area contributed by atoms with E-state index >= 15 is 0 Å². The molecule has 0 radical (unpaired) electrons. The summed E-state index contributed by atoms with van der Waals surface area (Å²) in [4.78, 5) is 40.3. The number of hydrogen-bond acceptors (Lipinski definition) is 12. The van der Waals surface area contributed by atoms with Gasteiger partial charge < -0.3 is 44.3 Å². The topological polar surface area (TPSA) is 216 Å². The second-order valence-corrected chi connectivity index (χ2v) is 22.0. The van der Waals surface area contributed by atoms with Crippen molar-refractivity contribution in [1.82, 2.24) is 10.0 Å². The fraction of sp³-hybridized carbons (Fsp3) is 0.776. The third-order valence-corrected chi connectivity index (χ3v) is 17.4. The number of aliphatic hydroxyl groups is 2. The molecule has 0 aliphatic carbocycles. The molecule has 16 heteroatoms. The summed E-state index contributed by atoms with van der Waals surface area (Å²) in [6.07, 6.45) is 5.03. The average molecular weight is 933 g/mol. The van der Waals surface area contributed by atoms with E-state index in [0.717, 1.165) is 6.42 Å². The normalized spacial score (nSPS) is 39.8. The number of Topliss-reactive ketones (excluding diaryl/α,β-unsaturated/α-hetero) is 1. The summed E-state index contributed by atoms with van der Waals surface area (Å²) >= 11 is 0. The average Bonchev–Trinajstić information content (AvgIpc) is 3.61. The van der Waals surface area contributed by atoms with Crippen molar-refractivity contribution in [3.63, 3.8) is 0 Å². The quantitative estimate of drug-likeness (QED) is 0.114. The van der Waals surface area contributed by atoms with Gasteiger partial charge in [-0.2, -0.15) is 0 Å². The van der Waals surface area contributed by atoms with Gasteiger partial charge in [-0.05, 0) is 102 Å². The molecule has 15 nitrogen and oxygen atoms in total. The number of benzene rings is 1. The first-order chi connectivity index (χ1) is 30.5. The van der Waals surface area contributed by atoms with E-state index in [2.05, 4.69) is 10.0 Å². The Hall–Kier alpha value is -2.96. The lowest BCUT2D eigenvalue weighted by atomic mass is 9.72. The molecule has 0 aromatic heterocycles. The summed E-state index contributed by atoms with van der Waals surface area (Å²) in [6, 6.07) is 5.62. The molecule has 5 heterocycles. The van der Waals surface area contributed by atoms with Crippen molar-refractivity contribution in [2.75, 3.05) is 0 Å². The number of carbonyl (C=O) groups is 3. The molecule has 5 aliphatic heterocycles. The summed E-state index contributed by atoms with van der Waals surface area (Å²) in [5.74, 6) is -6.90. The second kappa shape index (κ2) is 19.9. The molecule has 4 saturated heterocycles. The van der Waals surface area contributed by atoms with Crippen LogP contribution in [0.1, 0.15) is 133 Å². The summed E-state index contributed by atoms with van der Waals surface area (Å²) in [5, 5.41) is 35.8. The number of urea groups is 1. The van der Waals surface area contributed by atoms with Crippen LogP contribution >= 0.6 is 0 Å². The van der Waals surface area contributed by atoms with Crippen molar-refractivity contribution in [2.24, 2.45) is 41.4 Å². The van der Waals surface area contributed by atoms with Gasteiger partial charge in [0, 0.05) is 30.1 Å². The largest absolute Gasteiger partial charge is 0.481 e. The predicted octanol–water partition coefficient (Wildman–Crippen LogP) is 6.88. The summed E-state index contributed by atoms with van der Waals surface area (Å²) in [6.45, 7) is 19.2. The maximum Gasteiger partial charge on any atom is 0.329 e. The van der Waals surface area contributed by atoms with Gasteiger partial charge in [-0.25, -0.2) is 17.9 Å². The molecule has 2 spiro atoms. The monoisotopic (exact) mass is 933 g/mol. The van der Waals surface area contributed by atoms with Gasteiger partial charge >= 0.3 is 12.0 Å². The van der Waals surface area contributed by atoms with E-state index in [1.807, 2.05) is 62.3 Å². The van der Waals surface area contributed by atoms with Crippen LogP contribution in [0.5, 0.6) is 0 Å². The summed E-state index contributed by atoms with van der Waals surface area (Å²) < 4.78 is 62.9. The lowest BCUT2D eigenvalue weighted by Crippen LogP contribution is -2.66. The number of nitrogens with one attached hydrogen (secondary N) is 2. The highest BCUT2D eigenvalue weighted by Gasteiger charge is 2.63. The van der Waals surface area contributed by atoms with E-state index in [1.165, 1.54) is 12.1 Å². The second-order valence-electron chi connectivity index (χ2n) is 20.3. The Morgan fingerprint density at radius 3 is 2.17 bits per heavy atom. The molecule has 5 aliphatic rings. The first kappa shape index (κ1) is 51.4. The van der Waals surface area contributed by atoms with E-state index in [0.29, 0.717) is 51.4 Å². The van der Waals surface area contributed by atoms with Crippen LogP contribution < -0.4 is 10.0 Å². The first-order valence-electron chi connectivity index (χ1n) is 24.1. The van der Waals surface area contributed by atoms with Gasteiger partial charge in [-0.1, -0.05) is 79.7 Å². The minimum absolute atomic E-state index is 0.0575. The number of ketones is 1. The SMILES string of the molecule is CC[C@@H](C(=O)[C@@H](C)[C@@H](O)[C@H](C)[C@@H]1O[C@@H]([C@@H](CC)C(=O)O)CC[C@@H]1C)[C@H]1O[C@]2(C=C[C@@H](NC(=O)NS(=O)(=O)c3ccccc3)[C@]3(CC[C@@](C)([C@H]4CC[C@](O)(CC)[C@H](C)O4)O3)O2)[C@H](C)C[C@@H]1C. The van der Waals surface area contributed by atoms with Gasteiger partial charge in [0.25, 0.3) is 10.0 Å². The molecule has 65 heavy (non-hydrogen) atoms. The number of carboxylic acid groups (broad SMARTS) is 1. The molecule has 366 valence electrons. The van der Waals surface area contributed by atoms with Gasteiger partial charge in [-0.3, -0.25) is 9.59 Å². The van der Waals surface area contributed by atoms with Crippen molar-refractivity contribution in [2.45, 2.75) is 204 Å². The van der Waals surface area contributed by atoms with Crippen molar-refractivity contribution in [3.8, 4) is 0 Å². The smallest absolute Gasteiger partial charge is 0.329 e. The number of hydrogen-bond donors (Lipinski definition) is 5. The molecule has 0 saturated carbocycles. The number of aliphatic carboxylic acids is 1. The van der Waals surface area contributed by atoms with Crippen LogP contribution in [0.3, 0.4) is 0 Å². The van der Waals surface area contributed by atoms with Crippen LogP contribution in [0, 0.1) is 41.4 Å². The van der Waals surface area contributed by atoms with Gasteiger partial charge in [-0.15, -0.1) is 0 Å². The van der Waals surface area contributed by atoms with Crippen LogP contribution in [0.2, 0.25) is 0 Å². The van der Waals surface area contributed by atoms with Crippen LogP contribution in [-0.4, -0.2) is 107 Å². The fourth-order valence-electron chi connectivity index (χ4n) is 11.6. The maximum atomic E-state index is 14.7. The maximum absolute atomic E-state index is 14.7. The lowest BCUT2D eigenvalue weighted by molar-refractivity contribution is -0.397. The lowest BCUT2D eigenvalue weighted by Gasteiger charge is -2.55. The van der Waals surface area contributed by atoms with Gasteiger partial charge in [0.1, 0.15) is 11.8 Å². The van der Waals surface area contributed by atoms with Gasteiger partial charge in [0.05, 0.1) is 58.6 Å². The van der Waals surface area contributed by atoms with Crippen molar-refractivity contribution >= 4 is 27.8 Å². The minimum atomic E-state index is -4.23. The molecule has 1 aromatic carbocycles. The van der Waals surface area contributed by atoms with E-state index in [9.17, 15) is 38.1 Å².